The number of hydrogen-bond acceptors (Lipinski definition) is 2. The molecule has 1 aromatic carbocycles. The average Bonchev–Trinajstić information content (AvgIpc) is 2.36. The van der Waals surface area contributed by atoms with E-state index in [0.29, 0.717) is 19.4 Å². The van der Waals surface area contributed by atoms with Gasteiger partial charge >= 0.3 is 5.97 Å². The quantitative estimate of drug-likeness (QED) is 0.900. The SMILES string of the molecule is CCN(C(=O)CCc1ccc(C(=O)O)cc1)C(C)(C)C. The van der Waals surface area contributed by atoms with Gasteiger partial charge in [0, 0.05) is 18.5 Å². The van der Waals surface area contributed by atoms with Gasteiger partial charge in [-0.1, -0.05) is 12.1 Å². The second-order valence-corrected chi connectivity index (χ2v) is 5.81. The van der Waals surface area contributed by atoms with Gasteiger partial charge in [0.25, 0.3) is 0 Å². The number of amides is 1. The molecule has 0 heterocycles. The molecule has 0 spiro atoms. The van der Waals surface area contributed by atoms with Gasteiger partial charge in [-0.3, -0.25) is 4.79 Å². The zero-order valence-corrected chi connectivity index (χ0v) is 12.6. The molecular formula is C16H23NO3. The summed E-state index contributed by atoms with van der Waals surface area (Å²) < 4.78 is 0. The van der Waals surface area contributed by atoms with Gasteiger partial charge < -0.3 is 10.0 Å². The molecule has 0 aliphatic heterocycles. The van der Waals surface area contributed by atoms with Gasteiger partial charge in [-0.25, -0.2) is 4.79 Å². The highest BCUT2D eigenvalue weighted by Crippen LogP contribution is 2.15. The zero-order valence-electron chi connectivity index (χ0n) is 12.6. The van der Waals surface area contributed by atoms with Crippen LogP contribution in [0, 0.1) is 0 Å². The molecule has 1 N–H and O–H groups in total. The molecule has 0 atom stereocenters. The van der Waals surface area contributed by atoms with E-state index in [1.807, 2.05) is 32.6 Å². The standard InChI is InChI=1S/C16H23NO3/c1-5-17(16(2,3)4)14(18)11-8-12-6-9-13(10-7-12)15(19)20/h6-7,9-10H,5,8,11H2,1-4H3,(H,19,20). The van der Waals surface area contributed by atoms with Gasteiger partial charge in [-0.05, 0) is 51.8 Å². The first kappa shape index (κ1) is 16.2. The van der Waals surface area contributed by atoms with Crippen LogP contribution in [0.5, 0.6) is 0 Å². The van der Waals surface area contributed by atoms with Crippen molar-refractivity contribution in [3.8, 4) is 0 Å². The van der Waals surface area contributed by atoms with Crippen LogP contribution in [0.25, 0.3) is 0 Å². The summed E-state index contributed by atoms with van der Waals surface area (Å²) in [5.41, 5.74) is 1.08. The van der Waals surface area contributed by atoms with E-state index in [9.17, 15) is 9.59 Å². The average molecular weight is 277 g/mol. The fraction of sp³-hybridized carbons (Fsp3) is 0.500. The highest BCUT2D eigenvalue weighted by Gasteiger charge is 2.24. The van der Waals surface area contributed by atoms with Crippen LogP contribution in [-0.2, 0) is 11.2 Å². The first-order valence-electron chi connectivity index (χ1n) is 6.88. The normalized spacial score (nSPS) is 11.2. The van der Waals surface area contributed by atoms with Crippen LogP contribution in [0.1, 0.15) is 50.0 Å². The summed E-state index contributed by atoms with van der Waals surface area (Å²) in [7, 11) is 0. The molecule has 1 amide bonds. The summed E-state index contributed by atoms with van der Waals surface area (Å²) in [5, 5.41) is 8.83. The van der Waals surface area contributed by atoms with E-state index in [2.05, 4.69) is 0 Å². The largest absolute Gasteiger partial charge is 0.478 e. The van der Waals surface area contributed by atoms with Crippen molar-refractivity contribution in [2.45, 2.75) is 46.1 Å². The summed E-state index contributed by atoms with van der Waals surface area (Å²) in [6.45, 7) is 8.74. The Labute approximate surface area is 120 Å². The first-order valence-corrected chi connectivity index (χ1v) is 6.88. The Morgan fingerprint density at radius 2 is 1.70 bits per heavy atom. The Morgan fingerprint density at radius 1 is 1.15 bits per heavy atom. The first-order chi connectivity index (χ1) is 9.25. The molecule has 0 saturated heterocycles. The van der Waals surface area contributed by atoms with Gasteiger partial charge in [0.15, 0.2) is 0 Å². The summed E-state index contributed by atoms with van der Waals surface area (Å²) in [5.74, 6) is -0.806. The Bertz CT molecular complexity index is 471. The molecule has 0 radical (unpaired) electrons. The smallest absolute Gasteiger partial charge is 0.335 e. The van der Waals surface area contributed by atoms with E-state index < -0.39 is 5.97 Å². The predicted octanol–water partition coefficient (Wildman–Crippen LogP) is 2.96. The number of aryl methyl sites for hydroxylation is 1. The molecule has 110 valence electrons. The van der Waals surface area contributed by atoms with Crippen LogP contribution in [0.15, 0.2) is 24.3 Å². The number of carboxylic acid groups (broad SMARTS) is 1. The maximum Gasteiger partial charge on any atom is 0.335 e. The lowest BCUT2D eigenvalue weighted by Crippen LogP contribution is -2.45. The molecule has 1 rings (SSSR count). The van der Waals surface area contributed by atoms with E-state index in [1.54, 1.807) is 24.3 Å². The van der Waals surface area contributed by atoms with Crippen molar-refractivity contribution in [1.29, 1.82) is 0 Å². The highest BCUT2D eigenvalue weighted by atomic mass is 16.4. The number of carboxylic acids is 1. The van der Waals surface area contributed by atoms with Crippen molar-refractivity contribution in [2.75, 3.05) is 6.54 Å². The molecule has 0 saturated carbocycles. The number of benzene rings is 1. The molecular weight excluding hydrogens is 254 g/mol. The summed E-state index contributed by atoms with van der Waals surface area (Å²) in [4.78, 5) is 24.8. The molecule has 4 nitrogen and oxygen atoms in total. The second-order valence-electron chi connectivity index (χ2n) is 5.81. The number of hydrogen-bond donors (Lipinski definition) is 1. The fourth-order valence-corrected chi connectivity index (χ4v) is 2.23. The number of rotatable bonds is 5. The minimum atomic E-state index is -0.933. The van der Waals surface area contributed by atoms with Gasteiger partial charge in [0.2, 0.25) is 5.91 Å². The molecule has 1 aromatic rings. The topological polar surface area (TPSA) is 57.6 Å². The summed E-state index contributed by atoms with van der Waals surface area (Å²) in [6, 6.07) is 6.68. The molecule has 0 bridgehead atoms. The van der Waals surface area contributed by atoms with Crippen molar-refractivity contribution in [3.05, 3.63) is 35.4 Å². The fourth-order valence-electron chi connectivity index (χ4n) is 2.23. The van der Waals surface area contributed by atoms with E-state index in [1.165, 1.54) is 0 Å². The molecule has 4 heteroatoms. The highest BCUT2D eigenvalue weighted by molar-refractivity contribution is 5.87. The minimum absolute atomic E-state index is 0.127. The summed E-state index contributed by atoms with van der Waals surface area (Å²) in [6.07, 6.45) is 1.07. The van der Waals surface area contributed by atoms with E-state index in [4.69, 9.17) is 5.11 Å². The van der Waals surface area contributed by atoms with E-state index >= 15 is 0 Å². The number of carbonyl (C=O) groups is 2. The number of carbonyl (C=O) groups excluding carboxylic acids is 1. The zero-order chi connectivity index (χ0) is 15.3. The van der Waals surface area contributed by atoms with Crippen molar-refractivity contribution < 1.29 is 14.7 Å². The van der Waals surface area contributed by atoms with Crippen molar-refractivity contribution in [3.63, 3.8) is 0 Å². The van der Waals surface area contributed by atoms with Crippen molar-refractivity contribution >= 4 is 11.9 Å². The lowest BCUT2D eigenvalue weighted by atomic mass is 10.0. The lowest BCUT2D eigenvalue weighted by molar-refractivity contribution is -0.135. The Kier molecular flexibility index (Phi) is 5.31. The maximum absolute atomic E-state index is 12.2. The van der Waals surface area contributed by atoms with E-state index in [-0.39, 0.29) is 17.0 Å². The van der Waals surface area contributed by atoms with Crippen LogP contribution < -0.4 is 0 Å². The van der Waals surface area contributed by atoms with Crippen LogP contribution in [0.4, 0.5) is 0 Å². The third-order valence-corrected chi connectivity index (χ3v) is 3.26. The Morgan fingerprint density at radius 3 is 2.10 bits per heavy atom. The van der Waals surface area contributed by atoms with E-state index in [0.717, 1.165) is 5.56 Å². The molecule has 0 aromatic heterocycles. The predicted molar refractivity (Wildman–Crippen MR) is 78.9 cm³/mol. The molecule has 0 fully saturated rings. The lowest BCUT2D eigenvalue weighted by Gasteiger charge is -2.35. The van der Waals surface area contributed by atoms with Gasteiger partial charge in [-0.15, -0.1) is 0 Å². The van der Waals surface area contributed by atoms with Crippen molar-refractivity contribution in [2.24, 2.45) is 0 Å². The Hall–Kier alpha value is -1.84. The molecule has 20 heavy (non-hydrogen) atoms. The second kappa shape index (κ2) is 6.55. The molecule has 0 unspecified atom stereocenters. The van der Waals surface area contributed by atoms with Crippen LogP contribution in [0.2, 0.25) is 0 Å². The van der Waals surface area contributed by atoms with Crippen LogP contribution >= 0.6 is 0 Å². The van der Waals surface area contributed by atoms with Crippen LogP contribution in [-0.4, -0.2) is 34.0 Å². The summed E-state index contributed by atoms with van der Waals surface area (Å²) >= 11 is 0. The monoisotopic (exact) mass is 277 g/mol. The van der Waals surface area contributed by atoms with Gasteiger partial charge in [0.05, 0.1) is 5.56 Å². The molecule has 0 aliphatic rings. The Balaban J connectivity index is 2.62. The third kappa shape index (κ3) is 4.37. The van der Waals surface area contributed by atoms with Gasteiger partial charge in [0.1, 0.15) is 0 Å². The number of aromatic carboxylic acids is 1. The maximum atomic E-state index is 12.2. The molecule has 0 aliphatic carbocycles. The minimum Gasteiger partial charge on any atom is -0.478 e. The number of nitrogens with zero attached hydrogens (tertiary/aromatic N) is 1. The van der Waals surface area contributed by atoms with Crippen LogP contribution in [0.3, 0.4) is 0 Å². The third-order valence-electron chi connectivity index (χ3n) is 3.26. The van der Waals surface area contributed by atoms with Crippen molar-refractivity contribution in [1.82, 2.24) is 4.90 Å². The van der Waals surface area contributed by atoms with Gasteiger partial charge in [-0.2, -0.15) is 0 Å².